The molecule has 0 atom stereocenters. The predicted molar refractivity (Wildman–Crippen MR) is 78.8 cm³/mol. The molecular formula is C16H24N2O2. The lowest BCUT2D eigenvalue weighted by atomic mass is 9.76. The van der Waals surface area contributed by atoms with Crippen molar-refractivity contribution < 1.29 is 9.53 Å². The first kappa shape index (κ1) is 14.8. The summed E-state index contributed by atoms with van der Waals surface area (Å²) in [6.45, 7) is 12.2. The topological polar surface area (TPSA) is 42.4 Å². The molecule has 1 fully saturated rings. The lowest BCUT2D eigenvalue weighted by molar-refractivity contribution is 0.0205. The van der Waals surface area contributed by atoms with Crippen molar-refractivity contribution in [2.45, 2.75) is 40.7 Å². The van der Waals surface area contributed by atoms with E-state index >= 15 is 0 Å². The van der Waals surface area contributed by atoms with Crippen molar-refractivity contribution in [1.29, 1.82) is 0 Å². The summed E-state index contributed by atoms with van der Waals surface area (Å²) >= 11 is 0. The third-order valence-electron chi connectivity index (χ3n) is 3.72. The molecule has 0 aliphatic carbocycles. The van der Waals surface area contributed by atoms with E-state index in [1.54, 1.807) is 18.3 Å². The summed E-state index contributed by atoms with van der Waals surface area (Å²) in [7, 11) is 0. The number of rotatable bonds is 3. The Morgan fingerprint density at radius 3 is 2.45 bits per heavy atom. The Morgan fingerprint density at radius 1 is 1.35 bits per heavy atom. The number of aromatic nitrogens is 1. The van der Waals surface area contributed by atoms with Crippen LogP contribution in [0.4, 0.5) is 0 Å². The number of hydrogen-bond donors (Lipinski definition) is 0. The van der Waals surface area contributed by atoms with Crippen LogP contribution < -0.4 is 4.74 Å². The van der Waals surface area contributed by atoms with Crippen molar-refractivity contribution in [3.05, 3.63) is 24.0 Å². The van der Waals surface area contributed by atoms with Crippen LogP contribution in [0, 0.1) is 11.3 Å². The van der Waals surface area contributed by atoms with Gasteiger partial charge in [0.1, 0.15) is 11.4 Å². The Labute approximate surface area is 121 Å². The number of pyridine rings is 1. The monoisotopic (exact) mass is 276 g/mol. The molecule has 0 saturated carbocycles. The van der Waals surface area contributed by atoms with Crippen molar-refractivity contribution in [2.75, 3.05) is 13.1 Å². The molecule has 2 rings (SSSR count). The van der Waals surface area contributed by atoms with Gasteiger partial charge in [0.15, 0.2) is 0 Å². The van der Waals surface area contributed by atoms with Crippen LogP contribution in [0.1, 0.15) is 45.1 Å². The molecule has 0 aromatic carbocycles. The average molecular weight is 276 g/mol. The highest BCUT2D eigenvalue weighted by Gasteiger charge is 2.38. The zero-order chi connectivity index (χ0) is 14.9. The van der Waals surface area contributed by atoms with E-state index < -0.39 is 0 Å². The highest BCUT2D eigenvalue weighted by Crippen LogP contribution is 2.34. The molecule has 0 N–H and O–H groups in total. The maximum Gasteiger partial charge on any atom is 0.272 e. The molecule has 1 aromatic heterocycles. The predicted octanol–water partition coefficient (Wildman–Crippen LogP) is 2.99. The van der Waals surface area contributed by atoms with E-state index in [9.17, 15) is 4.79 Å². The van der Waals surface area contributed by atoms with Gasteiger partial charge in [0.05, 0.1) is 12.3 Å². The molecule has 0 bridgehead atoms. The quantitative estimate of drug-likeness (QED) is 0.852. The van der Waals surface area contributed by atoms with Gasteiger partial charge in [-0.1, -0.05) is 20.8 Å². The SMILES string of the molecule is CC(C)Oc1ccc(C(=O)N2CC(C(C)(C)C)C2)nc1. The highest BCUT2D eigenvalue weighted by atomic mass is 16.5. The van der Waals surface area contributed by atoms with E-state index in [2.05, 4.69) is 25.8 Å². The van der Waals surface area contributed by atoms with Crippen LogP contribution in [-0.2, 0) is 0 Å². The molecule has 110 valence electrons. The fourth-order valence-corrected chi connectivity index (χ4v) is 2.20. The van der Waals surface area contributed by atoms with Crippen LogP contribution in [0.25, 0.3) is 0 Å². The van der Waals surface area contributed by atoms with Gasteiger partial charge in [-0.2, -0.15) is 0 Å². The van der Waals surface area contributed by atoms with Gasteiger partial charge in [0, 0.05) is 13.1 Å². The normalized spacial score (nSPS) is 16.2. The minimum atomic E-state index is 0.0154. The lowest BCUT2D eigenvalue weighted by Crippen LogP contribution is -2.54. The van der Waals surface area contributed by atoms with Crippen LogP contribution in [-0.4, -0.2) is 35.0 Å². The van der Waals surface area contributed by atoms with Gasteiger partial charge in [0.2, 0.25) is 0 Å². The van der Waals surface area contributed by atoms with Crippen molar-refractivity contribution >= 4 is 5.91 Å². The van der Waals surface area contributed by atoms with Gasteiger partial charge in [-0.15, -0.1) is 0 Å². The third kappa shape index (κ3) is 3.30. The van der Waals surface area contributed by atoms with E-state index in [1.165, 1.54) is 0 Å². The van der Waals surface area contributed by atoms with Crippen molar-refractivity contribution in [1.82, 2.24) is 9.88 Å². The molecule has 1 amide bonds. The molecule has 4 heteroatoms. The molecule has 0 radical (unpaired) electrons. The molecule has 4 nitrogen and oxygen atoms in total. The Bertz CT molecular complexity index is 468. The second-order valence-corrected chi connectivity index (χ2v) is 6.82. The second kappa shape index (κ2) is 5.43. The van der Waals surface area contributed by atoms with Crippen molar-refractivity contribution in [3.63, 3.8) is 0 Å². The zero-order valence-electron chi connectivity index (χ0n) is 13.0. The maximum absolute atomic E-state index is 12.3. The molecule has 2 heterocycles. The van der Waals surface area contributed by atoms with Crippen LogP contribution >= 0.6 is 0 Å². The summed E-state index contributed by atoms with van der Waals surface area (Å²) < 4.78 is 5.52. The fraction of sp³-hybridized carbons (Fsp3) is 0.625. The number of nitrogens with zero attached hydrogens (tertiary/aromatic N) is 2. The van der Waals surface area contributed by atoms with Crippen LogP contribution in [0.2, 0.25) is 0 Å². The smallest absolute Gasteiger partial charge is 0.272 e. The second-order valence-electron chi connectivity index (χ2n) is 6.82. The molecule has 0 unspecified atom stereocenters. The minimum Gasteiger partial charge on any atom is -0.489 e. The van der Waals surface area contributed by atoms with Gasteiger partial charge in [-0.3, -0.25) is 4.79 Å². The third-order valence-corrected chi connectivity index (χ3v) is 3.72. The van der Waals surface area contributed by atoms with E-state index in [4.69, 9.17) is 4.74 Å². The lowest BCUT2D eigenvalue weighted by Gasteiger charge is -2.46. The summed E-state index contributed by atoms with van der Waals surface area (Å²) in [4.78, 5) is 18.3. The highest BCUT2D eigenvalue weighted by molar-refractivity contribution is 5.92. The van der Waals surface area contributed by atoms with Gasteiger partial charge in [-0.05, 0) is 37.3 Å². The van der Waals surface area contributed by atoms with E-state index in [0.29, 0.717) is 17.4 Å². The largest absolute Gasteiger partial charge is 0.489 e. The Balaban J connectivity index is 1.94. The number of likely N-dealkylation sites (tertiary alicyclic amines) is 1. The van der Waals surface area contributed by atoms with Crippen molar-refractivity contribution in [2.24, 2.45) is 11.3 Å². The summed E-state index contributed by atoms with van der Waals surface area (Å²) in [5.74, 6) is 1.30. The fourth-order valence-electron chi connectivity index (χ4n) is 2.20. The minimum absolute atomic E-state index is 0.0154. The number of carbonyl (C=O) groups is 1. The molecule has 20 heavy (non-hydrogen) atoms. The van der Waals surface area contributed by atoms with Gasteiger partial charge in [0.25, 0.3) is 5.91 Å². The molecule has 1 aliphatic heterocycles. The Kier molecular flexibility index (Phi) is 4.02. The summed E-state index contributed by atoms with van der Waals surface area (Å²) in [6.07, 6.45) is 1.73. The first-order valence-electron chi connectivity index (χ1n) is 7.19. The number of hydrogen-bond acceptors (Lipinski definition) is 3. The van der Waals surface area contributed by atoms with Crippen LogP contribution in [0.15, 0.2) is 18.3 Å². The van der Waals surface area contributed by atoms with Crippen LogP contribution in [0.5, 0.6) is 5.75 Å². The van der Waals surface area contributed by atoms with E-state index in [0.717, 1.165) is 13.1 Å². The van der Waals surface area contributed by atoms with Gasteiger partial charge < -0.3 is 9.64 Å². The maximum atomic E-state index is 12.3. The average Bonchev–Trinajstić information content (AvgIpc) is 2.24. The molecule has 1 saturated heterocycles. The van der Waals surface area contributed by atoms with E-state index in [1.807, 2.05) is 18.7 Å². The standard InChI is InChI=1S/C16H24N2O2/c1-11(2)20-13-6-7-14(17-8-13)15(19)18-9-12(10-18)16(3,4)5/h6-8,11-12H,9-10H2,1-5H3. The molecular weight excluding hydrogens is 252 g/mol. The molecule has 1 aromatic rings. The number of ether oxygens (including phenoxy) is 1. The zero-order valence-corrected chi connectivity index (χ0v) is 13.0. The van der Waals surface area contributed by atoms with Crippen LogP contribution in [0.3, 0.4) is 0 Å². The summed E-state index contributed by atoms with van der Waals surface area (Å²) in [5.41, 5.74) is 0.757. The number of carbonyl (C=O) groups excluding carboxylic acids is 1. The van der Waals surface area contributed by atoms with Gasteiger partial charge in [-0.25, -0.2) is 4.98 Å². The van der Waals surface area contributed by atoms with Gasteiger partial charge >= 0.3 is 0 Å². The van der Waals surface area contributed by atoms with E-state index in [-0.39, 0.29) is 17.4 Å². The Morgan fingerprint density at radius 2 is 2.00 bits per heavy atom. The number of amides is 1. The first-order valence-corrected chi connectivity index (χ1v) is 7.19. The first-order chi connectivity index (χ1) is 9.27. The molecule has 0 spiro atoms. The Hall–Kier alpha value is -1.58. The summed E-state index contributed by atoms with van der Waals surface area (Å²) in [6, 6.07) is 3.55. The summed E-state index contributed by atoms with van der Waals surface area (Å²) in [5, 5.41) is 0. The van der Waals surface area contributed by atoms with Crippen molar-refractivity contribution in [3.8, 4) is 5.75 Å². The molecule has 1 aliphatic rings.